The van der Waals surface area contributed by atoms with Crippen molar-refractivity contribution in [1.82, 2.24) is 10.2 Å². The molecule has 0 aromatic heterocycles. The molecule has 39 heavy (non-hydrogen) atoms. The number of likely N-dealkylation sites (tertiary alicyclic amines) is 1. The Morgan fingerprint density at radius 2 is 1.77 bits per heavy atom. The molecule has 7 atom stereocenters. The molecule has 3 amide bonds. The summed E-state index contributed by atoms with van der Waals surface area (Å²) >= 11 is 1.63. The Hall–Kier alpha value is -3.04. The van der Waals surface area contributed by atoms with Crippen LogP contribution >= 0.6 is 11.8 Å². The molecule has 3 N–H and O–H groups in total. The maximum atomic E-state index is 14.3. The fraction of sp³-hybridized carbons (Fsp3) is 0.500. The third-order valence-electron chi connectivity index (χ3n) is 8.94. The Bertz CT molecular complexity index is 1220. The van der Waals surface area contributed by atoms with Crippen molar-refractivity contribution < 1.29 is 19.5 Å². The standard InChI is InChI=1S/C30H38N4O4S/c1-5-33(6-2)21-14-12-20(13-15-21)32-28(37)26-30-18(3)16-23(39-30)24(27(36)31-4)25(30)29(38)34(26)22(17-35)19-10-8-7-9-11-19/h7-15,18,22-26,35H,5-6,16-17H2,1-4H3,(H,31,36)(H,32,37)/t18?,22-,23+,24-,25+,26?,30?/m1/s1. The van der Waals surface area contributed by atoms with Crippen LogP contribution in [-0.2, 0) is 14.4 Å². The van der Waals surface area contributed by atoms with Crippen molar-refractivity contribution in [3.05, 3.63) is 60.2 Å². The summed E-state index contributed by atoms with van der Waals surface area (Å²) in [5, 5.41) is 16.4. The number of fused-ring (bicyclic) bond motifs is 1. The van der Waals surface area contributed by atoms with Gasteiger partial charge in [-0.1, -0.05) is 37.3 Å². The number of rotatable bonds is 9. The van der Waals surface area contributed by atoms with Gasteiger partial charge in [-0.05, 0) is 56.0 Å². The van der Waals surface area contributed by atoms with E-state index in [4.69, 9.17) is 0 Å². The lowest BCUT2D eigenvalue weighted by molar-refractivity contribution is -0.142. The Morgan fingerprint density at radius 1 is 1.10 bits per heavy atom. The van der Waals surface area contributed by atoms with Gasteiger partial charge in [-0.25, -0.2) is 0 Å². The Labute approximate surface area is 234 Å². The largest absolute Gasteiger partial charge is 0.394 e. The molecule has 208 valence electrons. The molecule has 2 bridgehead atoms. The van der Waals surface area contributed by atoms with E-state index in [-0.39, 0.29) is 35.5 Å². The van der Waals surface area contributed by atoms with Gasteiger partial charge in [0, 0.05) is 36.8 Å². The van der Waals surface area contributed by atoms with Crippen molar-refractivity contribution in [3.8, 4) is 0 Å². The van der Waals surface area contributed by atoms with E-state index >= 15 is 0 Å². The molecule has 3 heterocycles. The van der Waals surface area contributed by atoms with Gasteiger partial charge in [0.2, 0.25) is 17.7 Å². The minimum atomic E-state index is -0.838. The number of hydrogen-bond acceptors (Lipinski definition) is 6. The minimum Gasteiger partial charge on any atom is -0.394 e. The van der Waals surface area contributed by atoms with Crippen LogP contribution < -0.4 is 15.5 Å². The highest BCUT2D eigenvalue weighted by molar-refractivity contribution is 8.02. The van der Waals surface area contributed by atoms with Crippen LogP contribution in [0.5, 0.6) is 0 Å². The van der Waals surface area contributed by atoms with E-state index in [0.717, 1.165) is 30.8 Å². The van der Waals surface area contributed by atoms with Gasteiger partial charge in [-0.2, -0.15) is 0 Å². The number of amides is 3. The van der Waals surface area contributed by atoms with Crippen LogP contribution in [0.15, 0.2) is 54.6 Å². The number of thioether (sulfide) groups is 1. The zero-order valence-corrected chi connectivity index (χ0v) is 23.8. The number of anilines is 2. The third-order valence-corrected chi connectivity index (χ3v) is 11.0. The number of carbonyl (C=O) groups excluding carboxylic acids is 3. The third kappa shape index (κ3) is 4.30. The zero-order valence-electron chi connectivity index (χ0n) is 23.0. The Morgan fingerprint density at radius 3 is 2.36 bits per heavy atom. The second kappa shape index (κ2) is 10.8. The van der Waals surface area contributed by atoms with Gasteiger partial charge in [-0.3, -0.25) is 14.4 Å². The molecule has 0 saturated carbocycles. The van der Waals surface area contributed by atoms with Gasteiger partial charge in [-0.15, -0.1) is 11.8 Å². The van der Waals surface area contributed by atoms with Crippen LogP contribution in [0.4, 0.5) is 11.4 Å². The molecular formula is C30H38N4O4S. The van der Waals surface area contributed by atoms with Gasteiger partial charge < -0.3 is 25.5 Å². The quantitative estimate of drug-likeness (QED) is 0.443. The zero-order chi connectivity index (χ0) is 27.9. The van der Waals surface area contributed by atoms with E-state index in [0.29, 0.717) is 5.69 Å². The maximum Gasteiger partial charge on any atom is 0.248 e. The predicted molar refractivity (Wildman–Crippen MR) is 154 cm³/mol. The topological polar surface area (TPSA) is 102 Å². The molecule has 9 heteroatoms. The van der Waals surface area contributed by atoms with Crippen molar-refractivity contribution in [2.75, 3.05) is 37.0 Å². The summed E-state index contributed by atoms with van der Waals surface area (Å²) in [6, 6.07) is 15.5. The van der Waals surface area contributed by atoms with Crippen molar-refractivity contribution in [2.45, 2.75) is 49.3 Å². The van der Waals surface area contributed by atoms with Crippen LogP contribution in [0.2, 0.25) is 0 Å². The van der Waals surface area contributed by atoms with E-state index in [1.807, 2.05) is 54.6 Å². The molecule has 3 unspecified atom stereocenters. The fourth-order valence-corrected chi connectivity index (χ4v) is 9.55. The van der Waals surface area contributed by atoms with E-state index in [2.05, 4.69) is 36.3 Å². The van der Waals surface area contributed by atoms with E-state index < -0.39 is 28.7 Å². The van der Waals surface area contributed by atoms with Crippen LogP contribution in [0.1, 0.15) is 38.8 Å². The van der Waals surface area contributed by atoms with Crippen molar-refractivity contribution in [2.24, 2.45) is 17.8 Å². The summed E-state index contributed by atoms with van der Waals surface area (Å²) in [4.78, 5) is 45.4. The molecule has 3 aliphatic rings. The first kappa shape index (κ1) is 27.5. The van der Waals surface area contributed by atoms with E-state index in [1.165, 1.54) is 0 Å². The second-order valence-corrected chi connectivity index (χ2v) is 12.3. The summed E-state index contributed by atoms with van der Waals surface area (Å²) in [6.07, 6.45) is 0.762. The molecule has 3 aliphatic heterocycles. The minimum absolute atomic E-state index is 0.0241. The van der Waals surface area contributed by atoms with Crippen LogP contribution in [0.3, 0.4) is 0 Å². The molecular weight excluding hydrogens is 512 g/mol. The molecule has 0 radical (unpaired) electrons. The summed E-state index contributed by atoms with van der Waals surface area (Å²) in [5.41, 5.74) is 2.48. The molecule has 2 aromatic rings. The van der Waals surface area contributed by atoms with Gasteiger partial charge >= 0.3 is 0 Å². The number of aliphatic hydroxyl groups excluding tert-OH is 1. The monoisotopic (exact) mass is 550 g/mol. The highest BCUT2D eigenvalue weighted by atomic mass is 32.2. The molecule has 2 aromatic carbocycles. The molecule has 3 fully saturated rings. The smallest absolute Gasteiger partial charge is 0.248 e. The number of carbonyl (C=O) groups is 3. The average molecular weight is 551 g/mol. The summed E-state index contributed by atoms with van der Waals surface area (Å²) in [6.45, 7) is 7.74. The van der Waals surface area contributed by atoms with Gasteiger partial charge in [0.25, 0.3) is 0 Å². The average Bonchev–Trinajstić information content (AvgIpc) is 3.55. The van der Waals surface area contributed by atoms with Gasteiger partial charge in [0.1, 0.15) is 6.04 Å². The first-order chi connectivity index (χ1) is 18.8. The SMILES string of the molecule is CCN(CC)c1ccc(NC(=O)C2N([C@H](CO)c3ccccc3)C(=O)[C@@H]3[C@H](C(=O)NC)[C@@H]4CC(C)C23S4)cc1. The number of hydrogen-bond donors (Lipinski definition) is 3. The molecule has 3 saturated heterocycles. The first-order valence-corrected chi connectivity index (χ1v) is 14.7. The van der Waals surface area contributed by atoms with Crippen LogP contribution in [0, 0.1) is 17.8 Å². The molecule has 0 aliphatic carbocycles. The van der Waals surface area contributed by atoms with Gasteiger partial charge in [0.15, 0.2) is 0 Å². The number of nitrogens with one attached hydrogen (secondary N) is 2. The molecule has 8 nitrogen and oxygen atoms in total. The van der Waals surface area contributed by atoms with Crippen molar-refractivity contribution in [3.63, 3.8) is 0 Å². The Kier molecular flexibility index (Phi) is 7.66. The molecule has 5 rings (SSSR count). The predicted octanol–water partition coefficient (Wildman–Crippen LogP) is 3.29. The lowest BCUT2D eigenvalue weighted by Gasteiger charge is -2.40. The lowest BCUT2D eigenvalue weighted by atomic mass is 9.66. The summed E-state index contributed by atoms with van der Waals surface area (Å²) < 4.78 is -0.758. The number of benzene rings is 2. The Balaban J connectivity index is 1.55. The fourth-order valence-electron chi connectivity index (χ4n) is 7.15. The van der Waals surface area contributed by atoms with Gasteiger partial charge in [0.05, 0.1) is 29.2 Å². The lowest BCUT2D eigenvalue weighted by Crippen LogP contribution is -2.55. The van der Waals surface area contributed by atoms with Crippen molar-refractivity contribution >= 4 is 40.9 Å². The van der Waals surface area contributed by atoms with E-state index in [9.17, 15) is 19.5 Å². The van der Waals surface area contributed by atoms with Crippen LogP contribution in [-0.4, -0.2) is 70.5 Å². The normalized spacial score (nSPS) is 29.7. The summed E-state index contributed by atoms with van der Waals surface area (Å²) in [5.74, 6) is -1.77. The number of aliphatic hydroxyl groups is 1. The van der Waals surface area contributed by atoms with Crippen molar-refractivity contribution in [1.29, 1.82) is 0 Å². The number of nitrogens with zero attached hydrogens (tertiary/aromatic N) is 2. The summed E-state index contributed by atoms with van der Waals surface area (Å²) in [7, 11) is 1.60. The maximum absolute atomic E-state index is 14.3. The molecule has 1 spiro atoms. The second-order valence-electron chi connectivity index (χ2n) is 10.7. The first-order valence-electron chi connectivity index (χ1n) is 13.9. The highest BCUT2D eigenvalue weighted by Gasteiger charge is 2.76. The van der Waals surface area contributed by atoms with E-state index in [1.54, 1.807) is 23.7 Å². The highest BCUT2D eigenvalue weighted by Crippen LogP contribution is 2.69. The van der Waals surface area contributed by atoms with Crippen LogP contribution in [0.25, 0.3) is 0 Å².